The fourth-order valence-corrected chi connectivity index (χ4v) is 10.8. The van der Waals surface area contributed by atoms with E-state index in [0.717, 1.165) is 50.3 Å². The lowest BCUT2D eigenvalue weighted by Crippen LogP contribution is -2.10. The second kappa shape index (κ2) is 14.8. The van der Waals surface area contributed by atoms with Crippen molar-refractivity contribution in [2.75, 3.05) is 4.90 Å². The van der Waals surface area contributed by atoms with Crippen molar-refractivity contribution in [2.45, 2.75) is 0 Å². The molecule has 0 aliphatic carbocycles. The molecule has 312 valence electrons. The highest BCUT2D eigenvalue weighted by Crippen LogP contribution is 2.44. The lowest BCUT2D eigenvalue weighted by atomic mass is 9.94. The van der Waals surface area contributed by atoms with Crippen LogP contribution < -0.4 is 4.90 Å². The smallest absolute Gasteiger partial charge is 0.135 e. The van der Waals surface area contributed by atoms with Crippen molar-refractivity contribution >= 4 is 104 Å². The van der Waals surface area contributed by atoms with Crippen LogP contribution in [0.4, 0.5) is 17.1 Å². The molecule has 0 fully saturated rings. The minimum atomic E-state index is 0.879. The van der Waals surface area contributed by atoms with Crippen molar-refractivity contribution < 1.29 is 4.42 Å². The van der Waals surface area contributed by atoms with E-state index in [2.05, 4.69) is 240 Å². The summed E-state index contributed by atoms with van der Waals surface area (Å²) in [7, 11) is 0. The van der Waals surface area contributed by atoms with Gasteiger partial charge in [0.05, 0.1) is 11.0 Å². The third-order valence-electron chi connectivity index (χ3n) is 13.9. The van der Waals surface area contributed by atoms with Crippen LogP contribution in [0.3, 0.4) is 0 Å². The van der Waals surface area contributed by atoms with Gasteiger partial charge in [0.15, 0.2) is 0 Å². The van der Waals surface area contributed by atoms with Gasteiger partial charge in [0.25, 0.3) is 0 Å². The zero-order chi connectivity index (χ0) is 44.0. The maximum Gasteiger partial charge on any atom is 0.135 e. The van der Waals surface area contributed by atoms with E-state index in [9.17, 15) is 0 Å². The molecule has 0 atom stereocenters. The summed E-state index contributed by atoms with van der Waals surface area (Å²) in [5.41, 5.74) is 13.3. The molecule has 0 radical (unpaired) electrons. The van der Waals surface area contributed by atoms with Gasteiger partial charge >= 0.3 is 0 Å². The molecular formula is C64H40N2O. The van der Waals surface area contributed by atoms with E-state index in [0.29, 0.717) is 0 Å². The van der Waals surface area contributed by atoms with Crippen LogP contribution in [-0.2, 0) is 0 Å². The topological polar surface area (TPSA) is 21.3 Å². The molecule has 14 rings (SSSR count). The number of benzene rings is 12. The van der Waals surface area contributed by atoms with Gasteiger partial charge in [-0.15, -0.1) is 0 Å². The lowest BCUT2D eigenvalue weighted by molar-refractivity contribution is 0.669. The molecule has 0 aliphatic heterocycles. The Bertz CT molecular complexity index is 4230. The third kappa shape index (κ3) is 5.92. The zero-order valence-corrected chi connectivity index (χ0v) is 36.4. The number of aromatic nitrogens is 1. The molecule has 0 unspecified atom stereocenters. The minimum Gasteiger partial charge on any atom is -0.456 e. The average molecular weight is 853 g/mol. The molecular weight excluding hydrogens is 813 g/mol. The lowest BCUT2D eigenvalue weighted by Gasteiger charge is -2.26. The van der Waals surface area contributed by atoms with Crippen molar-refractivity contribution in [1.29, 1.82) is 0 Å². The Morgan fingerprint density at radius 1 is 0.284 bits per heavy atom. The molecule has 0 bridgehead atoms. The molecule has 14 aromatic rings. The van der Waals surface area contributed by atoms with Crippen molar-refractivity contribution in [2.24, 2.45) is 0 Å². The number of fused-ring (bicyclic) bond motifs is 13. The summed E-state index contributed by atoms with van der Waals surface area (Å²) in [5, 5.41) is 14.7. The highest BCUT2D eigenvalue weighted by molar-refractivity contribution is 6.26. The van der Waals surface area contributed by atoms with Crippen LogP contribution >= 0.6 is 0 Å². The van der Waals surface area contributed by atoms with Gasteiger partial charge in [0, 0.05) is 44.3 Å². The van der Waals surface area contributed by atoms with E-state index in [-0.39, 0.29) is 0 Å². The Hall–Kier alpha value is -8.92. The Kier molecular flexibility index (Phi) is 8.28. The second-order valence-corrected chi connectivity index (χ2v) is 17.6. The van der Waals surface area contributed by atoms with Gasteiger partial charge < -0.3 is 13.9 Å². The van der Waals surface area contributed by atoms with Gasteiger partial charge in [-0.3, -0.25) is 0 Å². The molecule has 3 heteroatoms. The van der Waals surface area contributed by atoms with E-state index >= 15 is 0 Å². The van der Waals surface area contributed by atoms with Gasteiger partial charge in [0.1, 0.15) is 11.2 Å². The molecule has 12 aromatic carbocycles. The molecule has 0 saturated heterocycles. The number of hydrogen-bond donors (Lipinski definition) is 0. The summed E-state index contributed by atoms with van der Waals surface area (Å²) in [5.74, 6) is 0. The summed E-state index contributed by atoms with van der Waals surface area (Å²) >= 11 is 0. The SMILES string of the molecule is c1ccc(-n2c3ccc(-c4ccc(N(c5ccc6oc7ccccc7c6c5)c5ccc6c7ccccc7c7ccccc7c6c5)cc4)cc3c3cc(-c4cccc5ccccc45)ccc32)cc1. The highest BCUT2D eigenvalue weighted by Gasteiger charge is 2.19. The fraction of sp³-hybridized carbons (Fsp3) is 0. The number of furan rings is 1. The van der Waals surface area contributed by atoms with Crippen LogP contribution in [0.5, 0.6) is 0 Å². The average Bonchev–Trinajstić information content (AvgIpc) is 3.94. The Morgan fingerprint density at radius 2 is 0.791 bits per heavy atom. The van der Waals surface area contributed by atoms with E-state index in [1.807, 2.05) is 12.1 Å². The van der Waals surface area contributed by atoms with E-state index in [1.165, 1.54) is 81.6 Å². The summed E-state index contributed by atoms with van der Waals surface area (Å²) in [6.45, 7) is 0. The van der Waals surface area contributed by atoms with Crippen LogP contribution in [0.25, 0.3) is 115 Å². The molecule has 2 heterocycles. The Morgan fingerprint density at radius 3 is 1.52 bits per heavy atom. The minimum absolute atomic E-state index is 0.879. The number of nitrogens with zero attached hydrogens (tertiary/aromatic N) is 2. The van der Waals surface area contributed by atoms with Crippen LogP contribution in [0.2, 0.25) is 0 Å². The van der Waals surface area contributed by atoms with Gasteiger partial charge in [-0.1, -0.05) is 158 Å². The first-order chi connectivity index (χ1) is 33.2. The third-order valence-corrected chi connectivity index (χ3v) is 13.9. The molecule has 2 aromatic heterocycles. The monoisotopic (exact) mass is 852 g/mol. The summed E-state index contributed by atoms with van der Waals surface area (Å²) in [6, 6.07) is 88.4. The van der Waals surface area contributed by atoms with Crippen LogP contribution in [0, 0.1) is 0 Å². The maximum atomic E-state index is 6.32. The molecule has 3 nitrogen and oxygen atoms in total. The number of para-hydroxylation sites is 2. The molecule has 0 spiro atoms. The Balaban J connectivity index is 0.933. The normalized spacial score (nSPS) is 11.9. The summed E-state index contributed by atoms with van der Waals surface area (Å²) in [6.07, 6.45) is 0. The highest BCUT2D eigenvalue weighted by atomic mass is 16.3. The molecule has 0 amide bonds. The Labute approximate surface area is 386 Å². The molecule has 0 aliphatic rings. The molecule has 0 N–H and O–H groups in total. The number of hydrogen-bond acceptors (Lipinski definition) is 2. The van der Waals surface area contributed by atoms with E-state index < -0.39 is 0 Å². The van der Waals surface area contributed by atoms with E-state index in [4.69, 9.17) is 4.42 Å². The first-order valence-electron chi connectivity index (χ1n) is 23.0. The quantitative estimate of drug-likeness (QED) is 0.155. The summed E-state index contributed by atoms with van der Waals surface area (Å²) < 4.78 is 8.72. The molecule has 67 heavy (non-hydrogen) atoms. The fourth-order valence-electron chi connectivity index (χ4n) is 10.8. The van der Waals surface area contributed by atoms with Crippen LogP contribution in [-0.4, -0.2) is 4.57 Å². The van der Waals surface area contributed by atoms with Crippen LogP contribution in [0.15, 0.2) is 247 Å². The second-order valence-electron chi connectivity index (χ2n) is 17.6. The van der Waals surface area contributed by atoms with Gasteiger partial charge in [-0.25, -0.2) is 0 Å². The first-order valence-corrected chi connectivity index (χ1v) is 23.0. The van der Waals surface area contributed by atoms with Crippen molar-refractivity contribution in [3.8, 4) is 27.9 Å². The number of anilines is 3. The van der Waals surface area contributed by atoms with Gasteiger partial charge in [-0.2, -0.15) is 0 Å². The van der Waals surface area contributed by atoms with Crippen LogP contribution in [0.1, 0.15) is 0 Å². The van der Waals surface area contributed by atoms with Crippen molar-refractivity contribution in [3.63, 3.8) is 0 Å². The zero-order valence-electron chi connectivity index (χ0n) is 36.4. The predicted octanol–water partition coefficient (Wildman–Crippen LogP) is 18.1. The van der Waals surface area contributed by atoms with E-state index in [1.54, 1.807) is 0 Å². The van der Waals surface area contributed by atoms with Gasteiger partial charge in [0.2, 0.25) is 0 Å². The largest absolute Gasteiger partial charge is 0.456 e. The predicted molar refractivity (Wildman–Crippen MR) is 284 cm³/mol. The standard InChI is InChI=1S/C64H40N2O/c1-2-15-45(16-3-1)66-61-34-27-43(37-58(61)59-38-44(28-35-62(59)66)50-23-12-14-42-13-4-5-17-49(42)50)41-25-29-46(30-26-41)65(48-32-36-64-60(40-48)56-22-10-11-24-63(56)67-64)47-31-33-55-53-20-7-6-18-51(53)52-19-8-9-21-54(52)57(55)39-47/h1-40H. The van der Waals surface area contributed by atoms with Crippen molar-refractivity contribution in [1.82, 2.24) is 4.57 Å². The van der Waals surface area contributed by atoms with Gasteiger partial charge in [-0.05, 0) is 150 Å². The number of rotatable bonds is 6. The van der Waals surface area contributed by atoms with Crippen molar-refractivity contribution in [3.05, 3.63) is 243 Å². The summed E-state index contributed by atoms with van der Waals surface area (Å²) in [4.78, 5) is 2.39. The first kappa shape index (κ1) is 37.5. The maximum absolute atomic E-state index is 6.32. The molecule has 0 saturated carbocycles.